The predicted octanol–water partition coefficient (Wildman–Crippen LogP) is 3.28. The number of carboxylic acid groups (broad SMARTS) is 1. The van der Waals surface area contributed by atoms with Gasteiger partial charge in [-0.05, 0) is 19.8 Å². The van der Waals surface area contributed by atoms with Crippen molar-refractivity contribution in [2.75, 3.05) is 6.61 Å². The predicted molar refractivity (Wildman–Crippen MR) is 67.7 cm³/mol. The molecule has 0 saturated carbocycles. The molecule has 0 radical (unpaired) electrons. The standard InChI is InChI=1S/C12H19NO3S/c1-4-7-8-10(12(14)15)17-11(13-8)9(5-2)16-6-3/h9H,4-7H2,1-3H3,(H,14,15). The summed E-state index contributed by atoms with van der Waals surface area (Å²) in [5.74, 6) is -0.886. The summed E-state index contributed by atoms with van der Waals surface area (Å²) in [7, 11) is 0. The Labute approximate surface area is 106 Å². The summed E-state index contributed by atoms with van der Waals surface area (Å²) in [6.07, 6.45) is 2.34. The van der Waals surface area contributed by atoms with Crippen molar-refractivity contribution >= 4 is 17.3 Å². The number of hydrogen-bond donors (Lipinski definition) is 1. The molecule has 0 aromatic carbocycles. The number of carbonyl (C=O) groups is 1. The maximum atomic E-state index is 11.1. The topological polar surface area (TPSA) is 59.4 Å². The quantitative estimate of drug-likeness (QED) is 0.814. The number of thiazole rings is 1. The van der Waals surface area contributed by atoms with Crippen molar-refractivity contribution in [2.24, 2.45) is 0 Å². The highest BCUT2D eigenvalue weighted by Crippen LogP contribution is 2.29. The third kappa shape index (κ3) is 3.51. The number of aromatic carboxylic acids is 1. The van der Waals surface area contributed by atoms with Gasteiger partial charge in [-0.15, -0.1) is 11.3 Å². The Bertz CT molecular complexity index is 376. The zero-order valence-corrected chi connectivity index (χ0v) is 11.3. The van der Waals surface area contributed by atoms with Gasteiger partial charge < -0.3 is 9.84 Å². The Morgan fingerprint density at radius 2 is 2.18 bits per heavy atom. The molecule has 17 heavy (non-hydrogen) atoms. The first-order valence-electron chi connectivity index (χ1n) is 5.98. The number of aryl methyl sites for hydroxylation is 1. The number of aromatic nitrogens is 1. The molecule has 5 heteroatoms. The summed E-state index contributed by atoms with van der Waals surface area (Å²) < 4.78 is 5.56. The van der Waals surface area contributed by atoms with E-state index >= 15 is 0 Å². The van der Waals surface area contributed by atoms with Crippen LogP contribution in [-0.2, 0) is 11.2 Å². The van der Waals surface area contributed by atoms with Crippen LogP contribution in [0.1, 0.15) is 60.1 Å². The average Bonchev–Trinajstić information content (AvgIpc) is 2.70. The normalized spacial score (nSPS) is 12.6. The van der Waals surface area contributed by atoms with Crippen molar-refractivity contribution in [3.05, 3.63) is 15.6 Å². The summed E-state index contributed by atoms with van der Waals surface area (Å²) in [6, 6.07) is 0. The van der Waals surface area contributed by atoms with Gasteiger partial charge in [-0.25, -0.2) is 9.78 Å². The maximum Gasteiger partial charge on any atom is 0.347 e. The lowest BCUT2D eigenvalue weighted by atomic mass is 10.2. The number of rotatable bonds is 7. The second kappa shape index (κ2) is 6.71. The lowest BCUT2D eigenvalue weighted by Crippen LogP contribution is -2.02. The summed E-state index contributed by atoms with van der Waals surface area (Å²) in [5, 5.41) is 9.91. The fourth-order valence-corrected chi connectivity index (χ4v) is 2.73. The smallest absolute Gasteiger partial charge is 0.347 e. The van der Waals surface area contributed by atoms with Crippen molar-refractivity contribution in [1.82, 2.24) is 4.98 Å². The lowest BCUT2D eigenvalue weighted by Gasteiger charge is -2.11. The third-order valence-corrected chi connectivity index (χ3v) is 3.59. The van der Waals surface area contributed by atoms with Gasteiger partial charge in [-0.2, -0.15) is 0 Å². The number of ether oxygens (including phenoxy) is 1. The van der Waals surface area contributed by atoms with Crippen LogP contribution in [0.3, 0.4) is 0 Å². The van der Waals surface area contributed by atoms with Crippen molar-refractivity contribution in [2.45, 2.75) is 46.1 Å². The molecule has 1 aromatic rings. The van der Waals surface area contributed by atoms with E-state index in [1.807, 2.05) is 20.8 Å². The van der Waals surface area contributed by atoms with E-state index in [0.717, 1.165) is 17.8 Å². The molecule has 0 aliphatic heterocycles. The molecule has 1 heterocycles. The van der Waals surface area contributed by atoms with Gasteiger partial charge in [0.2, 0.25) is 0 Å². The van der Waals surface area contributed by atoms with Crippen molar-refractivity contribution in [1.29, 1.82) is 0 Å². The van der Waals surface area contributed by atoms with Gasteiger partial charge in [0.1, 0.15) is 16.0 Å². The van der Waals surface area contributed by atoms with Crippen LogP contribution in [0.2, 0.25) is 0 Å². The highest BCUT2D eigenvalue weighted by atomic mass is 32.1. The molecule has 0 fully saturated rings. The van der Waals surface area contributed by atoms with Crippen molar-refractivity contribution in [3.8, 4) is 0 Å². The first kappa shape index (κ1) is 14.1. The Kier molecular flexibility index (Phi) is 5.58. The van der Waals surface area contributed by atoms with Crippen LogP contribution in [-0.4, -0.2) is 22.7 Å². The molecule has 0 amide bonds. The van der Waals surface area contributed by atoms with Gasteiger partial charge >= 0.3 is 5.97 Å². The molecule has 0 aliphatic rings. The Morgan fingerprint density at radius 3 is 2.65 bits per heavy atom. The Hall–Kier alpha value is -0.940. The van der Waals surface area contributed by atoms with Crippen molar-refractivity contribution in [3.63, 3.8) is 0 Å². The summed E-state index contributed by atoms with van der Waals surface area (Å²) in [5.41, 5.74) is 0.693. The summed E-state index contributed by atoms with van der Waals surface area (Å²) in [6.45, 7) is 6.58. The average molecular weight is 257 g/mol. The molecule has 1 unspecified atom stereocenters. The monoisotopic (exact) mass is 257 g/mol. The van der Waals surface area contributed by atoms with Crippen LogP contribution >= 0.6 is 11.3 Å². The fourth-order valence-electron chi connectivity index (χ4n) is 1.65. The summed E-state index contributed by atoms with van der Waals surface area (Å²) in [4.78, 5) is 15.9. The van der Waals surface area contributed by atoms with Crippen LogP contribution in [0.4, 0.5) is 0 Å². The number of carboxylic acids is 1. The molecule has 4 nitrogen and oxygen atoms in total. The molecule has 0 saturated heterocycles. The van der Waals surface area contributed by atoms with Crippen LogP contribution in [0.25, 0.3) is 0 Å². The second-order valence-electron chi connectivity index (χ2n) is 3.74. The van der Waals surface area contributed by atoms with E-state index in [1.165, 1.54) is 11.3 Å². The van der Waals surface area contributed by atoms with Crippen LogP contribution < -0.4 is 0 Å². The minimum absolute atomic E-state index is 0.0753. The van der Waals surface area contributed by atoms with Gasteiger partial charge in [-0.3, -0.25) is 0 Å². The van der Waals surface area contributed by atoms with Gasteiger partial charge in [0, 0.05) is 6.61 Å². The first-order chi connectivity index (χ1) is 8.13. The molecule has 0 bridgehead atoms. The molecule has 1 rings (SSSR count). The first-order valence-corrected chi connectivity index (χ1v) is 6.80. The molecule has 0 spiro atoms. The van der Waals surface area contributed by atoms with Crippen molar-refractivity contribution < 1.29 is 14.6 Å². The number of hydrogen-bond acceptors (Lipinski definition) is 4. The summed E-state index contributed by atoms with van der Waals surface area (Å²) >= 11 is 1.24. The van der Waals surface area contributed by atoms with Gasteiger partial charge in [0.05, 0.1) is 5.69 Å². The number of nitrogens with zero attached hydrogens (tertiary/aromatic N) is 1. The molecule has 0 aliphatic carbocycles. The van der Waals surface area contributed by atoms with Gasteiger partial charge in [-0.1, -0.05) is 20.3 Å². The van der Waals surface area contributed by atoms with E-state index in [-0.39, 0.29) is 6.10 Å². The Morgan fingerprint density at radius 1 is 1.47 bits per heavy atom. The molecule has 1 aromatic heterocycles. The van der Waals surface area contributed by atoms with Crippen LogP contribution in [0.15, 0.2) is 0 Å². The van der Waals surface area contributed by atoms with Crippen LogP contribution in [0.5, 0.6) is 0 Å². The molecular formula is C12H19NO3S. The van der Waals surface area contributed by atoms with E-state index in [2.05, 4.69) is 4.98 Å². The van der Waals surface area contributed by atoms with Gasteiger partial charge in [0.25, 0.3) is 0 Å². The maximum absolute atomic E-state index is 11.1. The minimum atomic E-state index is -0.886. The highest BCUT2D eigenvalue weighted by molar-refractivity contribution is 7.13. The van der Waals surface area contributed by atoms with E-state index < -0.39 is 5.97 Å². The van der Waals surface area contributed by atoms with E-state index in [1.54, 1.807) is 0 Å². The highest BCUT2D eigenvalue weighted by Gasteiger charge is 2.21. The van der Waals surface area contributed by atoms with Crippen LogP contribution in [0, 0.1) is 0 Å². The SMILES string of the molecule is CCCc1nc(C(CC)OCC)sc1C(=O)O. The molecule has 96 valence electrons. The van der Waals surface area contributed by atoms with E-state index in [9.17, 15) is 4.79 Å². The second-order valence-corrected chi connectivity index (χ2v) is 4.77. The minimum Gasteiger partial charge on any atom is -0.477 e. The van der Waals surface area contributed by atoms with E-state index in [0.29, 0.717) is 23.6 Å². The molecule has 1 atom stereocenters. The van der Waals surface area contributed by atoms with Gasteiger partial charge in [0.15, 0.2) is 0 Å². The zero-order valence-electron chi connectivity index (χ0n) is 10.5. The lowest BCUT2D eigenvalue weighted by molar-refractivity contribution is 0.0595. The van der Waals surface area contributed by atoms with E-state index in [4.69, 9.17) is 9.84 Å². The molecule has 1 N–H and O–H groups in total. The largest absolute Gasteiger partial charge is 0.477 e. The fraction of sp³-hybridized carbons (Fsp3) is 0.667. The third-order valence-electron chi connectivity index (χ3n) is 2.41. The molecular weight excluding hydrogens is 238 g/mol. The zero-order chi connectivity index (χ0) is 12.8. The Balaban J connectivity index is 3.00.